The van der Waals surface area contributed by atoms with Gasteiger partial charge in [0.25, 0.3) is 0 Å². The van der Waals surface area contributed by atoms with Gasteiger partial charge in [-0.1, -0.05) is 18.2 Å². The second-order valence-corrected chi connectivity index (χ2v) is 5.04. The molecule has 1 amide bonds. The van der Waals surface area contributed by atoms with E-state index in [2.05, 4.69) is 5.32 Å². The fraction of sp³-hybridized carbons (Fsp3) is 0.429. The quantitative estimate of drug-likeness (QED) is 0.864. The van der Waals surface area contributed by atoms with E-state index in [1.807, 2.05) is 18.2 Å². The Hall–Kier alpha value is -1.88. The van der Waals surface area contributed by atoms with E-state index in [4.69, 9.17) is 4.74 Å². The van der Waals surface area contributed by atoms with Crippen molar-refractivity contribution < 1.29 is 19.4 Å². The summed E-state index contributed by atoms with van der Waals surface area (Å²) in [5, 5.41) is 12.0. The predicted octanol–water partition coefficient (Wildman–Crippen LogP) is 1.50. The van der Waals surface area contributed by atoms with Gasteiger partial charge in [0.2, 0.25) is 5.91 Å². The number of carboxylic acid groups (broad SMARTS) is 1. The molecule has 3 rings (SSSR count). The molecule has 0 aliphatic carbocycles. The third-order valence-corrected chi connectivity index (χ3v) is 3.90. The molecule has 2 bridgehead atoms. The summed E-state index contributed by atoms with van der Waals surface area (Å²) < 4.78 is 5.58. The Balaban J connectivity index is 1.77. The molecule has 0 aromatic heterocycles. The van der Waals surface area contributed by atoms with Crippen LogP contribution >= 0.6 is 0 Å². The first-order valence-electron chi connectivity index (χ1n) is 6.41. The van der Waals surface area contributed by atoms with Crippen molar-refractivity contribution in [1.29, 1.82) is 0 Å². The Kier molecular flexibility index (Phi) is 2.98. The molecule has 0 saturated carbocycles. The van der Waals surface area contributed by atoms with E-state index < -0.39 is 17.8 Å². The van der Waals surface area contributed by atoms with Gasteiger partial charge < -0.3 is 15.2 Å². The normalized spacial score (nSPS) is 32.2. The van der Waals surface area contributed by atoms with Gasteiger partial charge in [-0.15, -0.1) is 0 Å². The molecule has 5 nitrogen and oxygen atoms in total. The van der Waals surface area contributed by atoms with Crippen LogP contribution in [-0.2, 0) is 14.3 Å². The van der Waals surface area contributed by atoms with Crippen LogP contribution in [0.15, 0.2) is 30.3 Å². The van der Waals surface area contributed by atoms with Crippen LogP contribution in [0.1, 0.15) is 12.8 Å². The molecule has 0 unspecified atom stereocenters. The molecular weight excluding hydrogens is 246 g/mol. The van der Waals surface area contributed by atoms with Crippen molar-refractivity contribution >= 4 is 17.6 Å². The minimum Gasteiger partial charge on any atom is -0.481 e. The number of carboxylic acids is 1. The minimum absolute atomic E-state index is 0.255. The number of aliphatic carboxylic acids is 1. The molecule has 0 spiro atoms. The molecule has 0 radical (unpaired) electrons. The lowest BCUT2D eigenvalue weighted by atomic mass is 9.78. The maximum absolute atomic E-state index is 12.3. The van der Waals surface area contributed by atoms with Crippen LogP contribution in [0, 0.1) is 11.8 Å². The first-order chi connectivity index (χ1) is 9.16. The minimum atomic E-state index is -0.944. The van der Waals surface area contributed by atoms with Crippen LogP contribution in [0.25, 0.3) is 0 Å². The number of anilines is 1. The first kappa shape index (κ1) is 12.2. The number of para-hydroxylation sites is 1. The summed E-state index contributed by atoms with van der Waals surface area (Å²) in [4.78, 5) is 23.6. The van der Waals surface area contributed by atoms with Crippen LogP contribution in [-0.4, -0.2) is 29.2 Å². The van der Waals surface area contributed by atoms with Gasteiger partial charge in [-0.3, -0.25) is 9.59 Å². The maximum atomic E-state index is 12.3. The molecule has 2 aliphatic heterocycles. The molecule has 19 heavy (non-hydrogen) atoms. The van der Waals surface area contributed by atoms with E-state index in [-0.39, 0.29) is 18.1 Å². The number of fused-ring (bicyclic) bond motifs is 2. The lowest BCUT2D eigenvalue weighted by molar-refractivity contribution is -0.147. The molecule has 1 aromatic rings. The summed E-state index contributed by atoms with van der Waals surface area (Å²) in [6.07, 6.45) is 0.932. The van der Waals surface area contributed by atoms with Crippen molar-refractivity contribution in [1.82, 2.24) is 0 Å². The standard InChI is InChI=1S/C14H15NO4/c16-13(15-8-4-2-1-3-5-8)11-9-6-7-10(19-9)12(11)14(17)18/h1-5,9-12H,6-7H2,(H,15,16)(H,17,18)/t9-,10-,11+,12-/m1/s1. The number of hydrogen-bond donors (Lipinski definition) is 2. The summed E-state index contributed by atoms with van der Waals surface area (Å²) in [7, 11) is 0. The van der Waals surface area contributed by atoms with Crippen molar-refractivity contribution in [2.75, 3.05) is 5.32 Å². The van der Waals surface area contributed by atoms with E-state index in [0.717, 1.165) is 12.8 Å². The second-order valence-electron chi connectivity index (χ2n) is 5.04. The summed E-state index contributed by atoms with van der Waals surface area (Å²) in [5.41, 5.74) is 0.680. The number of amides is 1. The average molecular weight is 261 g/mol. The van der Waals surface area contributed by atoms with Crippen LogP contribution < -0.4 is 5.32 Å². The highest BCUT2D eigenvalue weighted by atomic mass is 16.5. The molecule has 2 heterocycles. The second kappa shape index (κ2) is 4.66. The number of carbonyl (C=O) groups excluding carboxylic acids is 1. The molecule has 5 heteroatoms. The van der Waals surface area contributed by atoms with Crippen molar-refractivity contribution in [2.45, 2.75) is 25.0 Å². The van der Waals surface area contributed by atoms with E-state index in [9.17, 15) is 14.7 Å². The van der Waals surface area contributed by atoms with E-state index >= 15 is 0 Å². The third-order valence-electron chi connectivity index (χ3n) is 3.90. The summed E-state index contributed by atoms with van der Waals surface area (Å²) in [5.74, 6) is -2.51. The Labute approximate surface area is 110 Å². The lowest BCUT2D eigenvalue weighted by Crippen LogP contribution is -2.40. The zero-order chi connectivity index (χ0) is 13.4. The zero-order valence-electron chi connectivity index (χ0n) is 10.3. The Morgan fingerprint density at radius 2 is 1.74 bits per heavy atom. The van der Waals surface area contributed by atoms with Crippen LogP contribution in [0.5, 0.6) is 0 Å². The largest absolute Gasteiger partial charge is 0.481 e. The highest BCUT2D eigenvalue weighted by Gasteiger charge is 2.55. The summed E-state index contributed by atoms with van der Waals surface area (Å²) in [6.45, 7) is 0. The van der Waals surface area contributed by atoms with Crippen molar-refractivity contribution in [3.63, 3.8) is 0 Å². The molecule has 2 N–H and O–H groups in total. The van der Waals surface area contributed by atoms with Gasteiger partial charge in [-0.25, -0.2) is 0 Å². The Morgan fingerprint density at radius 3 is 2.37 bits per heavy atom. The Morgan fingerprint density at radius 1 is 1.11 bits per heavy atom. The number of benzene rings is 1. The zero-order valence-corrected chi connectivity index (χ0v) is 10.3. The van der Waals surface area contributed by atoms with E-state index in [1.165, 1.54) is 0 Å². The van der Waals surface area contributed by atoms with Gasteiger partial charge in [-0.05, 0) is 25.0 Å². The first-order valence-corrected chi connectivity index (χ1v) is 6.41. The molecule has 100 valence electrons. The highest BCUT2D eigenvalue weighted by molar-refractivity contribution is 5.96. The van der Waals surface area contributed by atoms with E-state index in [0.29, 0.717) is 5.69 Å². The number of ether oxygens (including phenoxy) is 1. The third kappa shape index (κ3) is 2.10. The Bertz CT molecular complexity index is 501. The SMILES string of the molecule is O=C(Nc1ccccc1)[C@@H]1[C@H](C(=O)O)[C@H]2CC[C@H]1O2. The maximum Gasteiger partial charge on any atom is 0.310 e. The molecule has 2 saturated heterocycles. The average Bonchev–Trinajstić information content (AvgIpc) is 2.99. The number of rotatable bonds is 3. The fourth-order valence-electron chi connectivity index (χ4n) is 3.07. The van der Waals surface area contributed by atoms with Gasteiger partial charge in [0.05, 0.1) is 24.0 Å². The predicted molar refractivity (Wildman–Crippen MR) is 67.6 cm³/mol. The van der Waals surface area contributed by atoms with Gasteiger partial charge in [0, 0.05) is 5.69 Å². The molecule has 1 aromatic carbocycles. The van der Waals surface area contributed by atoms with Crippen molar-refractivity contribution in [3.05, 3.63) is 30.3 Å². The number of hydrogen-bond acceptors (Lipinski definition) is 3. The number of carbonyl (C=O) groups is 2. The fourth-order valence-corrected chi connectivity index (χ4v) is 3.07. The monoisotopic (exact) mass is 261 g/mol. The van der Waals surface area contributed by atoms with Crippen LogP contribution in [0.4, 0.5) is 5.69 Å². The van der Waals surface area contributed by atoms with Crippen LogP contribution in [0.3, 0.4) is 0 Å². The van der Waals surface area contributed by atoms with Crippen molar-refractivity contribution in [2.24, 2.45) is 11.8 Å². The van der Waals surface area contributed by atoms with Gasteiger partial charge in [-0.2, -0.15) is 0 Å². The van der Waals surface area contributed by atoms with Crippen LogP contribution in [0.2, 0.25) is 0 Å². The summed E-state index contributed by atoms with van der Waals surface area (Å²) >= 11 is 0. The molecule has 2 aliphatic rings. The van der Waals surface area contributed by atoms with Gasteiger partial charge >= 0.3 is 5.97 Å². The molecule has 4 atom stereocenters. The number of nitrogens with one attached hydrogen (secondary N) is 1. The summed E-state index contributed by atoms with van der Waals surface area (Å²) in [6, 6.07) is 9.06. The van der Waals surface area contributed by atoms with Crippen molar-refractivity contribution in [3.8, 4) is 0 Å². The highest BCUT2D eigenvalue weighted by Crippen LogP contribution is 2.44. The van der Waals surface area contributed by atoms with Gasteiger partial charge in [0.1, 0.15) is 0 Å². The smallest absolute Gasteiger partial charge is 0.310 e. The van der Waals surface area contributed by atoms with E-state index in [1.54, 1.807) is 12.1 Å². The molecule has 2 fully saturated rings. The van der Waals surface area contributed by atoms with Gasteiger partial charge in [0.15, 0.2) is 0 Å². The lowest BCUT2D eigenvalue weighted by Gasteiger charge is -2.23. The molecular formula is C14H15NO4. The topological polar surface area (TPSA) is 75.6 Å².